The number of hydrogen-bond acceptors (Lipinski definition) is 2. The van der Waals surface area contributed by atoms with Gasteiger partial charge in [0.1, 0.15) is 5.75 Å². The Morgan fingerprint density at radius 1 is 1.00 bits per heavy atom. The molecule has 0 aliphatic carbocycles. The van der Waals surface area contributed by atoms with Crippen molar-refractivity contribution in [3.63, 3.8) is 0 Å². The summed E-state index contributed by atoms with van der Waals surface area (Å²) >= 11 is 0. The Morgan fingerprint density at radius 3 is 2.12 bits per heavy atom. The van der Waals surface area contributed by atoms with E-state index in [0.29, 0.717) is 5.75 Å². The summed E-state index contributed by atoms with van der Waals surface area (Å²) in [6, 6.07) is 17.7. The van der Waals surface area contributed by atoms with Crippen molar-refractivity contribution in [2.75, 3.05) is 0 Å². The van der Waals surface area contributed by atoms with Gasteiger partial charge in [0.05, 0.1) is 0 Å². The van der Waals surface area contributed by atoms with Gasteiger partial charge in [-0.05, 0) is 29.3 Å². The molecule has 0 unspecified atom stereocenters. The van der Waals surface area contributed by atoms with Crippen molar-refractivity contribution in [3.8, 4) is 16.9 Å². The predicted octanol–water partition coefficient (Wildman–Crippen LogP) is 2.61. The van der Waals surface area contributed by atoms with Crippen molar-refractivity contribution >= 4 is 6.09 Å². The summed E-state index contributed by atoms with van der Waals surface area (Å²) in [6.07, 6.45) is -0.804. The highest BCUT2D eigenvalue weighted by atomic mass is 16.5. The Labute approximate surface area is 93.5 Å². The number of amides is 1. The van der Waals surface area contributed by atoms with E-state index >= 15 is 0 Å². The fraction of sp³-hybridized carbons (Fsp3) is 0. The molecular weight excluding hydrogens is 202 g/mol. The molecule has 1 amide bonds. The van der Waals surface area contributed by atoms with Crippen LogP contribution in [-0.2, 0) is 0 Å². The molecule has 2 aromatic rings. The lowest BCUT2D eigenvalue weighted by Crippen LogP contribution is -2.16. The molecule has 3 nitrogen and oxygen atoms in total. The van der Waals surface area contributed by atoms with Gasteiger partial charge in [0.2, 0.25) is 0 Å². The minimum atomic E-state index is -0.804. The molecule has 0 saturated carbocycles. The number of benzene rings is 2. The van der Waals surface area contributed by atoms with Crippen LogP contribution in [0.4, 0.5) is 4.79 Å². The first-order valence-corrected chi connectivity index (χ1v) is 4.79. The van der Waals surface area contributed by atoms with Gasteiger partial charge in [-0.2, -0.15) is 0 Å². The van der Waals surface area contributed by atoms with E-state index in [9.17, 15) is 4.79 Å². The maximum absolute atomic E-state index is 10.5. The van der Waals surface area contributed by atoms with E-state index in [4.69, 9.17) is 10.5 Å². The largest absolute Gasteiger partial charge is 0.411 e. The summed E-state index contributed by atoms with van der Waals surface area (Å²) in [4.78, 5) is 10.5. The topological polar surface area (TPSA) is 52.3 Å². The van der Waals surface area contributed by atoms with Gasteiger partial charge < -0.3 is 10.5 Å². The smallest absolute Gasteiger partial charge is 0.409 e. The van der Waals surface area contributed by atoms with Crippen molar-refractivity contribution in [3.05, 3.63) is 54.6 Å². The van der Waals surface area contributed by atoms with Crippen LogP contribution in [0.1, 0.15) is 0 Å². The first-order valence-electron chi connectivity index (χ1n) is 4.79. The van der Waals surface area contributed by atoms with Gasteiger partial charge in [-0.3, -0.25) is 0 Å². The van der Waals surface area contributed by atoms with Crippen molar-refractivity contribution in [2.45, 2.75) is 0 Å². The molecule has 2 aromatic carbocycles. The minimum Gasteiger partial charge on any atom is -0.411 e. The number of hydrogen-bond donors (Lipinski definition) is 1. The molecule has 0 aliphatic rings. The molecule has 0 atom stereocenters. The van der Waals surface area contributed by atoms with E-state index in [0.717, 1.165) is 11.1 Å². The zero-order valence-corrected chi connectivity index (χ0v) is 8.51. The standard InChI is InChI=1S/C13H10NO2/c14-13(15)16-12-8-6-11(7-9-12)10-4-2-1-3-5-10/h2-9H,(H2,14,15). The molecule has 0 spiro atoms. The van der Waals surface area contributed by atoms with Crippen LogP contribution < -0.4 is 10.5 Å². The zero-order chi connectivity index (χ0) is 11.4. The number of rotatable bonds is 2. The first-order chi connectivity index (χ1) is 7.75. The van der Waals surface area contributed by atoms with Gasteiger partial charge in [0.15, 0.2) is 0 Å². The molecule has 0 heterocycles. The molecule has 1 radical (unpaired) electrons. The maximum atomic E-state index is 10.5. The summed E-state index contributed by atoms with van der Waals surface area (Å²) in [6.45, 7) is 0. The van der Waals surface area contributed by atoms with Crippen molar-refractivity contribution < 1.29 is 9.53 Å². The fourth-order valence-corrected chi connectivity index (χ4v) is 1.41. The van der Waals surface area contributed by atoms with Crippen molar-refractivity contribution in [1.82, 2.24) is 0 Å². The molecule has 79 valence electrons. The van der Waals surface area contributed by atoms with Crippen LogP contribution in [0.2, 0.25) is 0 Å². The highest BCUT2D eigenvalue weighted by molar-refractivity contribution is 5.69. The van der Waals surface area contributed by atoms with E-state index < -0.39 is 6.09 Å². The zero-order valence-electron chi connectivity index (χ0n) is 8.51. The molecule has 2 N–H and O–H groups in total. The van der Waals surface area contributed by atoms with Gasteiger partial charge in [0.25, 0.3) is 0 Å². The van der Waals surface area contributed by atoms with Crippen LogP contribution in [0, 0.1) is 6.07 Å². The predicted molar refractivity (Wildman–Crippen MR) is 60.9 cm³/mol. The molecule has 0 saturated heterocycles. The number of carbonyl (C=O) groups is 1. The van der Waals surface area contributed by atoms with Gasteiger partial charge in [-0.1, -0.05) is 36.4 Å². The van der Waals surface area contributed by atoms with Gasteiger partial charge in [-0.15, -0.1) is 0 Å². The van der Waals surface area contributed by atoms with Crippen LogP contribution >= 0.6 is 0 Å². The lowest BCUT2D eigenvalue weighted by atomic mass is 10.1. The number of ether oxygens (including phenoxy) is 1. The second kappa shape index (κ2) is 4.49. The van der Waals surface area contributed by atoms with E-state index in [2.05, 4.69) is 6.07 Å². The average Bonchev–Trinajstić information content (AvgIpc) is 2.30. The Kier molecular flexibility index (Phi) is 2.87. The monoisotopic (exact) mass is 212 g/mol. The molecule has 0 bridgehead atoms. The molecule has 0 aromatic heterocycles. The van der Waals surface area contributed by atoms with Crippen molar-refractivity contribution in [2.24, 2.45) is 5.73 Å². The average molecular weight is 212 g/mol. The number of nitrogens with two attached hydrogens (primary N) is 1. The van der Waals surface area contributed by atoms with Crippen LogP contribution in [0.15, 0.2) is 48.5 Å². The Morgan fingerprint density at radius 2 is 1.56 bits per heavy atom. The molecule has 0 aliphatic heterocycles. The molecular formula is C13H10NO2. The van der Waals surface area contributed by atoms with Gasteiger partial charge >= 0.3 is 6.09 Å². The summed E-state index contributed by atoms with van der Waals surface area (Å²) in [7, 11) is 0. The lowest BCUT2D eigenvalue weighted by Gasteiger charge is -2.03. The minimum absolute atomic E-state index is 0.443. The second-order valence-electron chi connectivity index (χ2n) is 3.23. The fourth-order valence-electron chi connectivity index (χ4n) is 1.41. The van der Waals surface area contributed by atoms with Crippen LogP contribution in [0.25, 0.3) is 11.1 Å². The highest BCUT2D eigenvalue weighted by Crippen LogP contribution is 2.21. The first kappa shape index (κ1) is 10.2. The number of carbonyl (C=O) groups excluding carboxylic acids is 1. The van der Waals surface area contributed by atoms with Crippen molar-refractivity contribution in [1.29, 1.82) is 0 Å². The Bertz CT molecular complexity index is 477. The summed E-state index contributed by atoms with van der Waals surface area (Å²) in [5.74, 6) is 0.443. The molecule has 3 heteroatoms. The van der Waals surface area contributed by atoms with Gasteiger partial charge in [0, 0.05) is 0 Å². The van der Waals surface area contributed by atoms with E-state index in [1.807, 2.05) is 36.4 Å². The SMILES string of the molecule is NC(=O)Oc1ccc(-c2cc[c]cc2)cc1. The highest BCUT2D eigenvalue weighted by Gasteiger charge is 2.00. The third-order valence-electron chi connectivity index (χ3n) is 2.12. The van der Waals surface area contributed by atoms with Crippen LogP contribution in [0.3, 0.4) is 0 Å². The molecule has 2 rings (SSSR count). The number of primary amides is 1. The van der Waals surface area contributed by atoms with Gasteiger partial charge in [-0.25, -0.2) is 4.79 Å². The van der Waals surface area contributed by atoms with Crippen LogP contribution in [0.5, 0.6) is 5.75 Å². The molecule has 0 fully saturated rings. The summed E-state index contributed by atoms with van der Waals surface area (Å²) in [5.41, 5.74) is 7.04. The Balaban J connectivity index is 2.23. The lowest BCUT2D eigenvalue weighted by molar-refractivity contribution is 0.211. The van der Waals surface area contributed by atoms with E-state index in [1.54, 1.807) is 12.1 Å². The summed E-state index contributed by atoms with van der Waals surface area (Å²) in [5, 5.41) is 0. The second-order valence-corrected chi connectivity index (χ2v) is 3.23. The van der Waals surface area contributed by atoms with Crippen LogP contribution in [-0.4, -0.2) is 6.09 Å². The third-order valence-corrected chi connectivity index (χ3v) is 2.12. The molecule has 16 heavy (non-hydrogen) atoms. The van der Waals surface area contributed by atoms with E-state index in [1.165, 1.54) is 0 Å². The maximum Gasteiger partial charge on any atom is 0.409 e. The summed E-state index contributed by atoms with van der Waals surface area (Å²) < 4.78 is 4.74. The quantitative estimate of drug-likeness (QED) is 0.831. The normalized spacial score (nSPS) is 9.75. The third kappa shape index (κ3) is 2.39. The van der Waals surface area contributed by atoms with E-state index in [-0.39, 0.29) is 0 Å². The Hall–Kier alpha value is -2.29.